The Morgan fingerprint density at radius 2 is 2.38 bits per heavy atom. The third-order valence-electron chi connectivity index (χ3n) is 3.05. The van der Waals surface area contributed by atoms with Crippen molar-refractivity contribution in [3.63, 3.8) is 0 Å². The van der Waals surface area contributed by atoms with Crippen LogP contribution in [0.3, 0.4) is 0 Å². The highest BCUT2D eigenvalue weighted by Crippen LogP contribution is 2.16. The number of hydrogen-bond donors (Lipinski definition) is 1. The molecule has 0 spiro atoms. The van der Waals surface area contributed by atoms with Crippen LogP contribution in [0.25, 0.3) is 0 Å². The van der Waals surface area contributed by atoms with E-state index in [2.05, 4.69) is 17.3 Å². The maximum Gasteiger partial charge on any atom is 0.317 e. The first kappa shape index (κ1) is 8.81. The van der Waals surface area contributed by atoms with E-state index in [1.54, 1.807) is 0 Å². The van der Waals surface area contributed by atoms with Crippen LogP contribution >= 0.6 is 0 Å². The van der Waals surface area contributed by atoms with E-state index in [1.165, 1.54) is 19.4 Å². The summed E-state index contributed by atoms with van der Waals surface area (Å²) in [4.78, 5) is 15.5. The van der Waals surface area contributed by atoms with E-state index < -0.39 is 0 Å². The Labute approximate surface area is 78.9 Å². The van der Waals surface area contributed by atoms with E-state index in [4.69, 9.17) is 0 Å². The van der Waals surface area contributed by atoms with Gasteiger partial charge >= 0.3 is 6.03 Å². The molecule has 2 aliphatic rings. The Morgan fingerprint density at radius 3 is 2.92 bits per heavy atom. The highest BCUT2D eigenvalue weighted by molar-refractivity contribution is 5.76. The van der Waals surface area contributed by atoms with Gasteiger partial charge in [-0.1, -0.05) is 0 Å². The molecule has 13 heavy (non-hydrogen) atoms. The van der Waals surface area contributed by atoms with Crippen molar-refractivity contribution in [2.45, 2.75) is 18.9 Å². The summed E-state index contributed by atoms with van der Waals surface area (Å²) >= 11 is 0. The van der Waals surface area contributed by atoms with Crippen molar-refractivity contribution in [2.75, 3.05) is 33.2 Å². The maximum absolute atomic E-state index is 11.3. The number of likely N-dealkylation sites (tertiary alicyclic amines) is 1. The van der Waals surface area contributed by atoms with Crippen molar-refractivity contribution in [1.29, 1.82) is 0 Å². The minimum absolute atomic E-state index is 0.111. The average Bonchev–Trinajstić information content (AvgIpc) is 2.65. The summed E-state index contributed by atoms with van der Waals surface area (Å²) in [5.41, 5.74) is 0. The predicted molar refractivity (Wildman–Crippen MR) is 50.6 cm³/mol. The first-order valence-corrected chi connectivity index (χ1v) is 5.00. The summed E-state index contributed by atoms with van der Waals surface area (Å²) in [5, 5.41) is 2.83. The molecule has 2 heterocycles. The van der Waals surface area contributed by atoms with Crippen molar-refractivity contribution in [1.82, 2.24) is 15.1 Å². The SMILES string of the molecule is CN1CCCC1CN1CCNC1=O. The predicted octanol–water partition coefficient (Wildman–Crippen LogP) is 0.106. The Kier molecular flexibility index (Phi) is 2.40. The molecule has 2 amide bonds. The highest BCUT2D eigenvalue weighted by Gasteiger charge is 2.27. The first-order chi connectivity index (χ1) is 6.27. The number of amides is 2. The van der Waals surface area contributed by atoms with E-state index in [0.717, 1.165) is 19.6 Å². The van der Waals surface area contributed by atoms with Gasteiger partial charge in [-0.25, -0.2) is 4.79 Å². The molecule has 0 radical (unpaired) electrons. The van der Waals surface area contributed by atoms with Gasteiger partial charge in [-0.3, -0.25) is 0 Å². The molecule has 0 aromatic rings. The standard InChI is InChI=1S/C9H17N3O/c1-11-5-2-3-8(11)7-12-6-4-10-9(12)13/h8H,2-7H2,1H3,(H,10,13). The summed E-state index contributed by atoms with van der Waals surface area (Å²) in [5.74, 6) is 0. The average molecular weight is 183 g/mol. The van der Waals surface area contributed by atoms with Gasteiger partial charge in [-0.05, 0) is 26.4 Å². The maximum atomic E-state index is 11.3. The molecular weight excluding hydrogens is 166 g/mol. The second kappa shape index (κ2) is 3.54. The minimum Gasteiger partial charge on any atom is -0.336 e. The second-order valence-corrected chi connectivity index (χ2v) is 3.95. The number of nitrogens with one attached hydrogen (secondary N) is 1. The highest BCUT2D eigenvalue weighted by atomic mass is 16.2. The Morgan fingerprint density at radius 1 is 1.54 bits per heavy atom. The van der Waals surface area contributed by atoms with E-state index in [-0.39, 0.29) is 6.03 Å². The summed E-state index contributed by atoms with van der Waals surface area (Å²) in [6, 6.07) is 0.698. The van der Waals surface area contributed by atoms with Gasteiger partial charge in [-0.15, -0.1) is 0 Å². The van der Waals surface area contributed by atoms with Crippen molar-refractivity contribution in [2.24, 2.45) is 0 Å². The van der Waals surface area contributed by atoms with Gasteiger partial charge in [0.25, 0.3) is 0 Å². The summed E-state index contributed by atoms with van der Waals surface area (Å²) in [7, 11) is 2.14. The molecular formula is C9H17N3O. The minimum atomic E-state index is 0.111. The molecule has 1 atom stereocenters. The Hall–Kier alpha value is -0.770. The number of urea groups is 1. The lowest BCUT2D eigenvalue weighted by Gasteiger charge is -2.24. The summed E-state index contributed by atoms with van der Waals surface area (Å²) in [6.07, 6.45) is 2.51. The molecule has 0 bridgehead atoms. The fourth-order valence-electron chi connectivity index (χ4n) is 2.15. The molecule has 0 aliphatic carbocycles. The molecule has 1 unspecified atom stereocenters. The Balaban J connectivity index is 1.86. The van der Waals surface area contributed by atoms with Gasteiger partial charge < -0.3 is 15.1 Å². The monoisotopic (exact) mass is 183 g/mol. The van der Waals surface area contributed by atoms with Gasteiger partial charge in [0, 0.05) is 25.7 Å². The second-order valence-electron chi connectivity index (χ2n) is 3.95. The third kappa shape index (κ3) is 1.77. The fourth-order valence-corrected chi connectivity index (χ4v) is 2.15. The Bertz CT molecular complexity index is 207. The van der Waals surface area contributed by atoms with Crippen molar-refractivity contribution in [3.05, 3.63) is 0 Å². The van der Waals surface area contributed by atoms with Crippen LogP contribution in [-0.4, -0.2) is 55.1 Å². The third-order valence-corrected chi connectivity index (χ3v) is 3.05. The van der Waals surface area contributed by atoms with E-state index in [0.29, 0.717) is 6.04 Å². The van der Waals surface area contributed by atoms with Crippen LogP contribution in [0.1, 0.15) is 12.8 Å². The van der Waals surface area contributed by atoms with Crippen LogP contribution in [0.2, 0.25) is 0 Å². The van der Waals surface area contributed by atoms with Crippen LogP contribution in [0.5, 0.6) is 0 Å². The van der Waals surface area contributed by atoms with Gasteiger partial charge in [0.1, 0.15) is 0 Å². The topological polar surface area (TPSA) is 35.6 Å². The lowest BCUT2D eigenvalue weighted by Crippen LogP contribution is -2.40. The number of nitrogens with zero attached hydrogens (tertiary/aromatic N) is 2. The molecule has 2 aliphatic heterocycles. The molecule has 0 aromatic carbocycles. The van der Waals surface area contributed by atoms with Crippen molar-refractivity contribution >= 4 is 6.03 Å². The van der Waals surface area contributed by atoms with Crippen LogP contribution in [0.15, 0.2) is 0 Å². The number of likely N-dealkylation sites (N-methyl/N-ethyl adjacent to an activating group) is 1. The van der Waals surface area contributed by atoms with Crippen LogP contribution in [0, 0.1) is 0 Å². The van der Waals surface area contributed by atoms with Crippen LogP contribution < -0.4 is 5.32 Å². The first-order valence-electron chi connectivity index (χ1n) is 5.00. The molecule has 4 heteroatoms. The smallest absolute Gasteiger partial charge is 0.317 e. The normalized spacial score (nSPS) is 29.8. The van der Waals surface area contributed by atoms with Gasteiger partial charge in [0.15, 0.2) is 0 Å². The molecule has 74 valence electrons. The van der Waals surface area contributed by atoms with E-state index in [9.17, 15) is 4.79 Å². The quantitative estimate of drug-likeness (QED) is 0.659. The summed E-state index contributed by atoms with van der Waals surface area (Å²) < 4.78 is 0. The fraction of sp³-hybridized carbons (Fsp3) is 0.889. The zero-order valence-corrected chi connectivity index (χ0v) is 8.12. The molecule has 0 aromatic heterocycles. The lowest BCUT2D eigenvalue weighted by atomic mass is 10.2. The van der Waals surface area contributed by atoms with Gasteiger partial charge in [-0.2, -0.15) is 0 Å². The molecule has 4 nitrogen and oxygen atoms in total. The van der Waals surface area contributed by atoms with Gasteiger partial charge in [0.2, 0.25) is 0 Å². The number of rotatable bonds is 2. The molecule has 2 saturated heterocycles. The number of carbonyl (C=O) groups excluding carboxylic acids is 1. The van der Waals surface area contributed by atoms with Crippen LogP contribution in [-0.2, 0) is 0 Å². The number of hydrogen-bond acceptors (Lipinski definition) is 2. The van der Waals surface area contributed by atoms with Crippen molar-refractivity contribution < 1.29 is 4.79 Å². The van der Waals surface area contributed by atoms with Crippen molar-refractivity contribution in [3.8, 4) is 0 Å². The molecule has 0 saturated carbocycles. The molecule has 2 fully saturated rings. The number of carbonyl (C=O) groups is 1. The largest absolute Gasteiger partial charge is 0.336 e. The summed E-state index contributed by atoms with van der Waals surface area (Å²) in [6.45, 7) is 3.78. The zero-order valence-electron chi connectivity index (χ0n) is 8.12. The van der Waals surface area contributed by atoms with E-state index in [1.807, 2.05) is 4.90 Å². The van der Waals surface area contributed by atoms with E-state index >= 15 is 0 Å². The molecule has 1 N–H and O–H groups in total. The zero-order chi connectivity index (χ0) is 9.26. The van der Waals surface area contributed by atoms with Crippen LogP contribution in [0.4, 0.5) is 4.79 Å². The molecule has 2 rings (SSSR count). The van der Waals surface area contributed by atoms with Gasteiger partial charge in [0.05, 0.1) is 0 Å². The lowest BCUT2D eigenvalue weighted by molar-refractivity contribution is 0.196.